The van der Waals surface area contributed by atoms with Gasteiger partial charge in [0.2, 0.25) is 0 Å². The first-order valence-electron chi connectivity index (χ1n) is 3.42. The van der Waals surface area contributed by atoms with E-state index in [0.29, 0.717) is 0 Å². The minimum atomic E-state index is -3.92. The lowest BCUT2D eigenvalue weighted by Gasteiger charge is -2.11. The predicted octanol–water partition coefficient (Wildman–Crippen LogP) is 1.78. The van der Waals surface area contributed by atoms with Gasteiger partial charge in [-0.2, -0.15) is 0 Å². The summed E-state index contributed by atoms with van der Waals surface area (Å²) in [4.78, 5) is 21.4. The van der Waals surface area contributed by atoms with Crippen LogP contribution >= 0.6 is 7.60 Å². The Labute approximate surface area is 81.2 Å². The van der Waals surface area contributed by atoms with E-state index in [1.54, 1.807) is 0 Å². The van der Waals surface area contributed by atoms with Gasteiger partial charge in [0.25, 0.3) is 0 Å². The van der Waals surface area contributed by atoms with Crippen LogP contribution in [0.5, 0.6) is 0 Å². The molecule has 0 aliphatic rings. The molecule has 0 bridgehead atoms. The Morgan fingerprint density at radius 3 is 1.57 bits per heavy atom. The summed E-state index contributed by atoms with van der Waals surface area (Å²) in [7, 11) is -3.92. The summed E-state index contributed by atoms with van der Waals surface area (Å²) in [6, 6.07) is 0. The molecular weight excluding hydrogens is 207 g/mol. The lowest BCUT2D eigenvalue weighted by atomic mass is 10.7. The largest absolute Gasteiger partial charge is 0.459 e. The van der Waals surface area contributed by atoms with Gasteiger partial charge in [0.1, 0.15) is 0 Å². The van der Waals surface area contributed by atoms with Crippen LogP contribution in [-0.2, 0) is 23.2 Å². The van der Waals surface area contributed by atoms with E-state index >= 15 is 0 Å². The lowest BCUT2D eigenvalue weighted by Crippen LogP contribution is -2.03. The van der Waals surface area contributed by atoms with Crippen LogP contribution in [-0.4, -0.2) is 11.9 Å². The Hall–Kier alpha value is -1.61. The number of hydrogen-bond acceptors (Lipinski definition) is 5. The summed E-state index contributed by atoms with van der Waals surface area (Å²) in [5.74, 6) is -1.19. The average molecular weight is 216 g/mol. The second kappa shape index (κ2) is 5.19. The van der Waals surface area contributed by atoms with Crippen molar-refractivity contribution >= 4 is 19.5 Å². The second-order valence-corrected chi connectivity index (χ2v) is 3.76. The van der Waals surface area contributed by atoms with Gasteiger partial charge < -0.3 is 9.05 Å². The highest BCUT2D eigenvalue weighted by atomic mass is 31.2. The molecule has 76 valence electrons. The minimum Gasteiger partial charge on any atom is -0.377 e. The van der Waals surface area contributed by atoms with E-state index in [9.17, 15) is 14.2 Å². The van der Waals surface area contributed by atoms with Gasteiger partial charge in [0, 0.05) is 18.0 Å². The van der Waals surface area contributed by atoms with Crippen LogP contribution in [0.3, 0.4) is 0 Å². The summed E-state index contributed by atoms with van der Waals surface area (Å²) in [5, 5.41) is 0. The molecule has 0 saturated heterocycles. The van der Waals surface area contributed by atoms with Crippen molar-refractivity contribution in [1.82, 2.24) is 0 Å². The summed E-state index contributed by atoms with van der Waals surface area (Å²) < 4.78 is 20.0. The zero-order valence-electron chi connectivity index (χ0n) is 7.34. The highest BCUT2D eigenvalue weighted by Gasteiger charge is 2.26. The van der Waals surface area contributed by atoms with Gasteiger partial charge in [-0.25, -0.2) is 14.2 Å². The van der Waals surface area contributed by atoms with Crippen LogP contribution in [0.15, 0.2) is 37.7 Å². The number of hydrogen-bond donors (Lipinski definition) is 0. The summed E-state index contributed by atoms with van der Waals surface area (Å²) in [5.41, 5.74) is 0. The molecule has 0 amide bonds. The maximum atomic E-state index is 11.4. The van der Waals surface area contributed by atoms with Gasteiger partial charge >= 0.3 is 19.5 Å². The zero-order chi connectivity index (χ0) is 11.2. The van der Waals surface area contributed by atoms with E-state index in [-0.39, 0.29) is 0 Å². The average Bonchev–Trinajstić information content (AvgIpc) is 2.17. The van der Waals surface area contributed by atoms with Crippen molar-refractivity contribution in [1.29, 1.82) is 0 Å². The third kappa shape index (κ3) is 3.87. The van der Waals surface area contributed by atoms with Crippen molar-refractivity contribution in [3.8, 4) is 0 Å². The van der Waals surface area contributed by atoms with E-state index in [0.717, 1.165) is 18.0 Å². The van der Waals surface area contributed by atoms with Gasteiger partial charge in [0.15, 0.2) is 0 Å². The minimum absolute atomic E-state index is 0.746. The molecular formula is C8H9O5P. The standard InChI is InChI=1S/C8H9O5P/c1-4-7(9)12-14(11,6-3)13-8(10)5-2/h4-6H,1-3H2. The van der Waals surface area contributed by atoms with E-state index in [1.807, 2.05) is 0 Å². The third-order valence-corrected chi connectivity index (χ3v) is 2.31. The van der Waals surface area contributed by atoms with Crippen molar-refractivity contribution in [2.45, 2.75) is 0 Å². The molecule has 0 aromatic heterocycles. The molecule has 0 heterocycles. The monoisotopic (exact) mass is 216 g/mol. The molecule has 6 heteroatoms. The Balaban J connectivity index is 4.64. The maximum absolute atomic E-state index is 11.4. The molecule has 0 aliphatic heterocycles. The Bertz CT molecular complexity index is 305. The molecule has 0 spiro atoms. The first-order valence-corrected chi connectivity index (χ1v) is 5.04. The van der Waals surface area contributed by atoms with Crippen molar-refractivity contribution in [3.05, 3.63) is 37.7 Å². The third-order valence-electron chi connectivity index (χ3n) is 0.991. The molecule has 0 N–H and O–H groups in total. The topological polar surface area (TPSA) is 69.7 Å². The summed E-state index contributed by atoms with van der Waals surface area (Å²) >= 11 is 0. The first kappa shape index (κ1) is 12.4. The Morgan fingerprint density at radius 1 is 1.00 bits per heavy atom. The van der Waals surface area contributed by atoms with Crippen molar-refractivity contribution < 1.29 is 23.2 Å². The van der Waals surface area contributed by atoms with E-state index in [1.165, 1.54) is 0 Å². The normalized spacial score (nSPS) is 9.71. The summed E-state index contributed by atoms with van der Waals surface area (Å²) in [6.45, 7) is 9.30. The fraction of sp³-hybridized carbons (Fsp3) is 0. The van der Waals surface area contributed by atoms with Crippen LogP contribution in [0.2, 0.25) is 0 Å². The molecule has 0 aromatic rings. The molecule has 0 atom stereocenters. The smallest absolute Gasteiger partial charge is 0.377 e. The van der Waals surface area contributed by atoms with Gasteiger partial charge in [-0.15, -0.1) is 0 Å². The van der Waals surface area contributed by atoms with Gasteiger partial charge in [-0.1, -0.05) is 19.7 Å². The van der Waals surface area contributed by atoms with Crippen LogP contribution in [0, 0.1) is 0 Å². The van der Waals surface area contributed by atoms with E-state index < -0.39 is 19.5 Å². The predicted molar refractivity (Wildman–Crippen MR) is 50.4 cm³/mol. The molecule has 0 saturated carbocycles. The molecule has 0 radical (unpaired) electrons. The van der Waals surface area contributed by atoms with Crippen LogP contribution < -0.4 is 0 Å². The number of carbonyl (C=O) groups excluding carboxylic acids is 2. The molecule has 0 fully saturated rings. The zero-order valence-corrected chi connectivity index (χ0v) is 8.24. The number of rotatable bonds is 5. The van der Waals surface area contributed by atoms with Crippen molar-refractivity contribution in [3.63, 3.8) is 0 Å². The molecule has 14 heavy (non-hydrogen) atoms. The summed E-state index contributed by atoms with van der Waals surface area (Å²) in [6.07, 6.45) is 1.58. The molecule has 0 rings (SSSR count). The Kier molecular flexibility index (Phi) is 4.59. The van der Waals surface area contributed by atoms with E-state index in [2.05, 4.69) is 28.8 Å². The molecule has 0 unspecified atom stereocenters. The van der Waals surface area contributed by atoms with Gasteiger partial charge in [0.05, 0.1) is 0 Å². The quantitative estimate of drug-likeness (QED) is 0.517. The van der Waals surface area contributed by atoms with E-state index in [4.69, 9.17) is 0 Å². The first-order chi connectivity index (χ1) is 6.47. The molecule has 5 nitrogen and oxygen atoms in total. The van der Waals surface area contributed by atoms with Gasteiger partial charge in [-0.05, 0) is 0 Å². The second-order valence-electron chi connectivity index (χ2n) is 1.95. The highest BCUT2D eigenvalue weighted by Crippen LogP contribution is 2.49. The van der Waals surface area contributed by atoms with Crippen LogP contribution in [0.4, 0.5) is 0 Å². The lowest BCUT2D eigenvalue weighted by molar-refractivity contribution is -0.132. The Morgan fingerprint density at radius 2 is 1.36 bits per heavy atom. The molecule has 0 aliphatic carbocycles. The van der Waals surface area contributed by atoms with Crippen LogP contribution in [0.25, 0.3) is 0 Å². The molecule has 0 aromatic carbocycles. The van der Waals surface area contributed by atoms with Crippen molar-refractivity contribution in [2.24, 2.45) is 0 Å². The fourth-order valence-corrected chi connectivity index (χ4v) is 1.26. The van der Waals surface area contributed by atoms with Crippen LogP contribution in [0.1, 0.15) is 0 Å². The SMILES string of the molecule is C=CC(=O)OP(=O)(C=C)OC(=O)C=C. The highest BCUT2D eigenvalue weighted by molar-refractivity contribution is 7.58. The number of carbonyl (C=O) groups is 2. The fourth-order valence-electron chi connectivity index (χ4n) is 0.419. The van der Waals surface area contributed by atoms with Gasteiger partial charge in [-0.3, -0.25) is 0 Å². The maximum Gasteiger partial charge on any atom is 0.459 e. The van der Waals surface area contributed by atoms with Crippen molar-refractivity contribution in [2.75, 3.05) is 0 Å².